The summed E-state index contributed by atoms with van der Waals surface area (Å²) in [6.45, 7) is -0.532. The van der Waals surface area contributed by atoms with Crippen molar-refractivity contribution in [3.8, 4) is 11.8 Å². The number of nitriles is 1. The molecule has 12 heteroatoms. The Bertz CT molecular complexity index is 1220. The molecule has 0 saturated carbocycles. The van der Waals surface area contributed by atoms with Gasteiger partial charge in [0.1, 0.15) is 11.4 Å². The van der Waals surface area contributed by atoms with Gasteiger partial charge in [-0.3, -0.25) is 9.52 Å². The number of hydrogen-bond donors (Lipinski definition) is 1. The van der Waals surface area contributed by atoms with Gasteiger partial charge in [0, 0.05) is 40.6 Å². The van der Waals surface area contributed by atoms with Crippen LogP contribution in [0.15, 0.2) is 42.5 Å². The Labute approximate surface area is 221 Å². The Morgan fingerprint density at radius 3 is 2.72 bits per heavy atom. The summed E-state index contributed by atoms with van der Waals surface area (Å²) >= 11 is 8.57. The molecular weight excluding hydrogens is 530 g/mol. The van der Waals surface area contributed by atoms with Gasteiger partial charge in [-0.2, -0.15) is 14.0 Å². The molecule has 0 aliphatic heterocycles. The molecule has 3 rings (SSSR count). The summed E-state index contributed by atoms with van der Waals surface area (Å²) in [6.07, 6.45) is 0.791. The van der Waals surface area contributed by atoms with E-state index in [0.717, 1.165) is 6.42 Å². The predicted octanol–water partition coefficient (Wildman–Crippen LogP) is 6.33. The summed E-state index contributed by atoms with van der Waals surface area (Å²) in [5.74, 6) is 0.302. The summed E-state index contributed by atoms with van der Waals surface area (Å²) < 4.78 is 38.6. The zero-order valence-corrected chi connectivity index (χ0v) is 21.9. The molecule has 0 unspecified atom stereocenters. The molecule has 1 aromatic heterocycles. The number of carbonyl (C=O) groups excluding carboxylic acids is 1. The smallest absolute Gasteiger partial charge is 0.387 e. The lowest BCUT2D eigenvalue weighted by Gasteiger charge is -2.23. The van der Waals surface area contributed by atoms with Crippen molar-refractivity contribution in [2.24, 2.45) is 0 Å². The Morgan fingerprint density at radius 2 is 2.06 bits per heavy atom. The minimum atomic E-state index is -3.02. The highest BCUT2D eigenvalue weighted by Gasteiger charge is 2.22. The highest BCUT2D eigenvalue weighted by molar-refractivity contribution is 7.97. The van der Waals surface area contributed by atoms with E-state index >= 15 is 0 Å². The van der Waals surface area contributed by atoms with E-state index in [0.29, 0.717) is 39.2 Å². The van der Waals surface area contributed by atoms with Crippen LogP contribution in [0.1, 0.15) is 32.9 Å². The van der Waals surface area contributed by atoms with E-state index in [1.54, 1.807) is 55.3 Å². The number of rotatable bonds is 12. The molecule has 0 aliphatic carbocycles. The van der Waals surface area contributed by atoms with E-state index < -0.39 is 6.61 Å². The fourth-order valence-electron chi connectivity index (χ4n) is 3.17. The van der Waals surface area contributed by atoms with Crippen molar-refractivity contribution in [3.05, 3.63) is 69.2 Å². The lowest BCUT2D eigenvalue weighted by molar-refractivity contribution is -0.0504. The van der Waals surface area contributed by atoms with Crippen molar-refractivity contribution < 1.29 is 23.0 Å². The van der Waals surface area contributed by atoms with Gasteiger partial charge >= 0.3 is 6.61 Å². The monoisotopic (exact) mass is 552 g/mol. The van der Waals surface area contributed by atoms with Crippen LogP contribution in [0.4, 0.5) is 19.6 Å². The van der Waals surface area contributed by atoms with Crippen LogP contribution in [0.2, 0.25) is 5.02 Å². The SMILES string of the molecule is COCCCSNC(=O)c1nc(N(Cc2ccc(Cl)cc2OC(F)F)c2ccc(C#N)cc2)sc1C. The van der Waals surface area contributed by atoms with Crippen LogP contribution in [-0.2, 0) is 11.3 Å². The number of aromatic nitrogens is 1. The molecule has 2 aromatic carbocycles. The summed E-state index contributed by atoms with van der Waals surface area (Å²) in [5, 5.41) is 9.89. The molecule has 1 heterocycles. The van der Waals surface area contributed by atoms with Crippen molar-refractivity contribution in [2.45, 2.75) is 26.5 Å². The zero-order valence-electron chi connectivity index (χ0n) is 19.5. The number of nitrogens with one attached hydrogen (secondary N) is 1. The molecule has 0 aliphatic rings. The van der Waals surface area contributed by atoms with Crippen molar-refractivity contribution in [3.63, 3.8) is 0 Å². The molecular formula is C24H23ClF2N4O3S2. The second-order valence-electron chi connectivity index (χ2n) is 7.40. The van der Waals surface area contributed by atoms with E-state index in [1.807, 2.05) is 0 Å². The van der Waals surface area contributed by atoms with Gasteiger partial charge in [0.25, 0.3) is 5.91 Å². The van der Waals surface area contributed by atoms with Crippen LogP contribution in [0, 0.1) is 18.3 Å². The first-order chi connectivity index (χ1) is 17.3. The number of ether oxygens (including phenoxy) is 2. The number of benzene rings is 2. The molecule has 1 N–H and O–H groups in total. The van der Waals surface area contributed by atoms with Gasteiger partial charge in [-0.25, -0.2) is 4.98 Å². The highest BCUT2D eigenvalue weighted by atomic mass is 35.5. The van der Waals surface area contributed by atoms with Crippen molar-refractivity contribution in [2.75, 3.05) is 24.4 Å². The fourth-order valence-corrected chi connectivity index (χ4v) is 4.85. The first kappa shape index (κ1) is 27.7. The molecule has 1 amide bonds. The van der Waals surface area contributed by atoms with Gasteiger partial charge in [-0.05, 0) is 49.7 Å². The molecule has 0 spiro atoms. The predicted molar refractivity (Wildman–Crippen MR) is 138 cm³/mol. The minimum absolute atomic E-state index is 0.0603. The Kier molecular flexibility index (Phi) is 10.3. The summed E-state index contributed by atoms with van der Waals surface area (Å²) in [4.78, 5) is 19.8. The summed E-state index contributed by atoms with van der Waals surface area (Å²) in [6, 6.07) is 13.3. The van der Waals surface area contributed by atoms with Gasteiger partial charge in [-0.15, -0.1) is 11.3 Å². The number of methoxy groups -OCH3 is 1. The van der Waals surface area contributed by atoms with E-state index in [1.165, 1.54) is 29.4 Å². The van der Waals surface area contributed by atoms with Crippen molar-refractivity contribution >= 4 is 51.6 Å². The number of thiazole rings is 1. The molecule has 190 valence electrons. The molecule has 7 nitrogen and oxygen atoms in total. The third-order valence-electron chi connectivity index (χ3n) is 4.87. The largest absolute Gasteiger partial charge is 0.434 e. The topological polar surface area (TPSA) is 87.5 Å². The number of alkyl halides is 2. The van der Waals surface area contributed by atoms with Crippen molar-refractivity contribution in [1.29, 1.82) is 5.26 Å². The van der Waals surface area contributed by atoms with Crippen LogP contribution in [-0.4, -0.2) is 37.0 Å². The second kappa shape index (κ2) is 13.4. The molecule has 0 fully saturated rings. The van der Waals surface area contributed by atoms with Crippen LogP contribution in [0.25, 0.3) is 0 Å². The Balaban J connectivity index is 1.92. The lowest BCUT2D eigenvalue weighted by atomic mass is 10.1. The fraction of sp³-hybridized carbons (Fsp3) is 0.292. The number of anilines is 2. The van der Waals surface area contributed by atoms with E-state index in [4.69, 9.17) is 26.3 Å². The number of halogens is 3. The number of aryl methyl sites for hydroxylation is 1. The third kappa shape index (κ3) is 7.54. The minimum Gasteiger partial charge on any atom is -0.434 e. The van der Waals surface area contributed by atoms with Gasteiger partial charge < -0.3 is 14.4 Å². The van der Waals surface area contributed by atoms with Gasteiger partial charge in [0.05, 0.1) is 18.2 Å². The van der Waals surface area contributed by atoms with Gasteiger partial charge in [-0.1, -0.05) is 29.6 Å². The molecule has 0 saturated heterocycles. The summed E-state index contributed by atoms with van der Waals surface area (Å²) in [5.41, 5.74) is 1.83. The van der Waals surface area contributed by atoms with E-state index in [9.17, 15) is 13.6 Å². The number of carbonyl (C=O) groups is 1. The maximum atomic E-state index is 13.0. The standard InChI is InChI=1S/C24H23ClF2N4O3S2/c1-15-21(22(32)30-35-11-3-10-33-2)29-24(36-15)31(19-8-4-16(13-28)5-9-19)14-17-6-7-18(25)12-20(17)34-23(26)27/h4-9,12,23H,3,10-11,14H2,1-2H3,(H,30,32). The average Bonchev–Trinajstić information content (AvgIpc) is 3.24. The normalized spacial score (nSPS) is 10.8. The number of nitrogens with zero attached hydrogens (tertiary/aromatic N) is 3. The number of hydrogen-bond acceptors (Lipinski definition) is 8. The first-order valence-electron chi connectivity index (χ1n) is 10.7. The zero-order chi connectivity index (χ0) is 26.1. The molecule has 0 atom stereocenters. The van der Waals surface area contributed by atoms with E-state index in [-0.39, 0.29) is 28.9 Å². The van der Waals surface area contributed by atoms with Crippen LogP contribution in [0.5, 0.6) is 5.75 Å². The van der Waals surface area contributed by atoms with Crippen LogP contribution >= 0.6 is 34.9 Å². The summed E-state index contributed by atoms with van der Waals surface area (Å²) in [7, 11) is 1.62. The van der Waals surface area contributed by atoms with Crippen LogP contribution < -0.4 is 14.4 Å². The third-order valence-corrected chi connectivity index (χ3v) is 6.92. The van der Waals surface area contributed by atoms with Gasteiger partial charge in [0.15, 0.2) is 5.13 Å². The maximum Gasteiger partial charge on any atom is 0.387 e. The average molecular weight is 553 g/mol. The van der Waals surface area contributed by atoms with Gasteiger partial charge in [0.2, 0.25) is 0 Å². The van der Waals surface area contributed by atoms with Crippen LogP contribution in [0.3, 0.4) is 0 Å². The molecule has 0 radical (unpaired) electrons. The van der Waals surface area contributed by atoms with E-state index in [2.05, 4.69) is 15.8 Å². The Hall–Kier alpha value is -2.91. The molecule has 36 heavy (non-hydrogen) atoms. The quantitative estimate of drug-likeness (QED) is 0.207. The molecule has 0 bridgehead atoms. The maximum absolute atomic E-state index is 13.0. The lowest BCUT2D eigenvalue weighted by Crippen LogP contribution is -2.20. The molecule has 3 aromatic rings. The highest BCUT2D eigenvalue weighted by Crippen LogP contribution is 2.36. The number of amides is 1. The Morgan fingerprint density at radius 1 is 1.31 bits per heavy atom. The second-order valence-corrected chi connectivity index (χ2v) is 9.92. The van der Waals surface area contributed by atoms with Crippen molar-refractivity contribution in [1.82, 2.24) is 9.71 Å². The first-order valence-corrected chi connectivity index (χ1v) is 12.9.